The number of rotatable bonds is 0. The van der Waals surface area contributed by atoms with E-state index >= 15 is 0 Å². The molecule has 1 aliphatic rings. The number of fused-ring (bicyclic) bond motifs is 2. The number of anilines is 4. The first kappa shape index (κ1) is 10.1. The lowest BCUT2D eigenvalue weighted by Gasteiger charge is -2.41. The van der Waals surface area contributed by atoms with Crippen LogP contribution in [0.4, 0.5) is 22.7 Å². The molecule has 0 amide bonds. The van der Waals surface area contributed by atoms with E-state index in [4.69, 9.17) is 0 Å². The molecule has 1 N–H and O–H groups in total. The van der Waals surface area contributed by atoms with Crippen molar-refractivity contribution >= 4 is 22.7 Å². The van der Waals surface area contributed by atoms with Crippen molar-refractivity contribution < 1.29 is 5.21 Å². The number of para-hydroxylation sites is 2. The van der Waals surface area contributed by atoms with Crippen LogP contribution in [0.25, 0.3) is 0 Å². The Kier molecular flexibility index (Phi) is 2.07. The smallest absolute Gasteiger partial charge is 0.0923 e. The third-order valence-electron chi connectivity index (χ3n) is 2.91. The number of benzene rings is 2. The van der Waals surface area contributed by atoms with Gasteiger partial charge in [0.1, 0.15) is 0 Å². The number of hydrogen-bond acceptors (Lipinski definition) is 4. The Morgan fingerprint density at radius 3 is 2.35 bits per heavy atom. The lowest BCUT2D eigenvalue weighted by molar-refractivity contribution is 0.300. The molecule has 0 aliphatic carbocycles. The largest absolute Gasteiger partial charge is 0.754 e. The van der Waals surface area contributed by atoms with E-state index < -0.39 is 0 Å². The summed E-state index contributed by atoms with van der Waals surface area (Å²) in [6, 6.07) is 12.3. The minimum Gasteiger partial charge on any atom is -0.754 e. The van der Waals surface area contributed by atoms with E-state index in [1.54, 1.807) is 36.4 Å². The molecule has 0 fully saturated rings. The molecule has 2 aromatic rings. The van der Waals surface area contributed by atoms with Gasteiger partial charge in [0.2, 0.25) is 0 Å². The van der Waals surface area contributed by atoms with Gasteiger partial charge in [0.15, 0.2) is 0 Å². The van der Waals surface area contributed by atoms with Gasteiger partial charge in [-0.1, -0.05) is 18.2 Å². The quantitative estimate of drug-likeness (QED) is 0.748. The molecule has 1 aliphatic heterocycles. The fourth-order valence-corrected chi connectivity index (χ4v) is 2.05. The Morgan fingerprint density at radius 1 is 0.941 bits per heavy atom. The zero-order valence-corrected chi connectivity index (χ0v) is 9.29. The molecule has 3 rings (SSSR count). The van der Waals surface area contributed by atoms with Gasteiger partial charge in [-0.05, 0) is 36.8 Å². The minimum absolute atomic E-state index is 0.452. The lowest BCUT2D eigenvalue weighted by atomic mass is 10.1. The molecule has 0 spiro atoms. The maximum absolute atomic E-state index is 12.2. The third kappa shape index (κ3) is 1.39. The van der Waals surface area contributed by atoms with Crippen molar-refractivity contribution in [1.82, 2.24) is 0 Å². The minimum atomic E-state index is 0.452. The fourth-order valence-electron chi connectivity index (χ4n) is 2.05. The SMILES string of the molecule is Cc1ccc2c(c1)N([O-])c1ccccc1N2O. The summed E-state index contributed by atoms with van der Waals surface area (Å²) in [6.07, 6.45) is 0. The molecule has 0 aromatic heterocycles. The second-order valence-electron chi connectivity index (χ2n) is 4.09. The normalized spacial score (nSPS) is 13.4. The van der Waals surface area contributed by atoms with Gasteiger partial charge in [0, 0.05) is 0 Å². The maximum Gasteiger partial charge on any atom is 0.0923 e. The summed E-state index contributed by atoms with van der Waals surface area (Å²) in [5.41, 5.74) is 2.90. The highest BCUT2D eigenvalue weighted by Crippen LogP contribution is 2.46. The summed E-state index contributed by atoms with van der Waals surface area (Å²) in [5, 5.41) is 24.2. The molecule has 4 heteroatoms. The van der Waals surface area contributed by atoms with Crippen LogP contribution in [0.15, 0.2) is 42.5 Å². The van der Waals surface area contributed by atoms with Crippen molar-refractivity contribution in [1.29, 1.82) is 0 Å². The van der Waals surface area contributed by atoms with Crippen molar-refractivity contribution in [3.8, 4) is 0 Å². The second kappa shape index (κ2) is 3.48. The third-order valence-corrected chi connectivity index (χ3v) is 2.91. The molecule has 0 unspecified atom stereocenters. The number of aryl methyl sites for hydroxylation is 1. The van der Waals surface area contributed by atoms with Gasteiger partial charge in [-0.2, -0.15) is 0 Å². The average Bonchev–Trinajstić information content (AvgIpc) is 2.36. The van der Waals surface area contributed by atoms with Crippen LogP contribution in [0.2, 0.25) is 0 Å². The molecule has 4 nitrogen and oxygen atoms in total. The standard InChI is InChI=1S/C13H11N2O2/c1-9-6-7-12-13(8-9)15(17)11-5-3-2-4-10(11)14(12)16/h2-8,16H,1H3/q-1. The van der Waals surface area contributed by atoms with Crippen LogP contribution in [0.5, 0.6) is 0 Å². The predicted octanol–water partition coefficient (Wildman–Crippen LogP) is 3.47. The number of hydrogen-bond donors (Lipinski definition) is 1. The van der Waals surface area contributed by atoms with E-state index in [0.29, 0.717) is 22.7 Å². The first-order chi connectivity index (χ1) is 8.18. The van der Waals surface area contributed by atoms with Gasteiger partial charge in [0.05, 0.1) is 22.7 Å². The Morgan fingerprint density at radius 2 is 1.59 bits per heavy atom. The molecule has 0 atom stereocenters. The Hall–Kier alpha value is -2.04. The van der Waals surface area contributed by atoms with E-state index in [1.165, 1.54) is 0 Å². The molecule has 0 saturated carbocycles. The molecule has 17 heavy (non-hydrogen) atoms. The summed E-state index contributed by atoms with van der Waals surface area (Å²) >= 11 is 0. The van der Waals surface area contributed by atoms with Crippen LogP contribution < -0.4 is 10.1 Å². The molecule has 86 valence electrons. The van der Waals surface area contributed by atoms with E-state index in [9.17, 15) is 10.4 Å². The van der Waals surface area contributed by atoms with Crippen LogP contribution in [0, 0.1) is 12.1 Å². The molecule has 0 radical (unpaired) electrons. The molecule has 1 heterocycles. The molecule has 0 saturated heterocycles. The van der Waals surface area contributed by atoms with Crippen LogP contribution in [-0.4, -0.2) is 5.21 Å². The van der Waals surface area contributed by atoms with E-state index in [0.717, 1.165) is 15.7 Å². The van der Waals surface area contributed by atoms with Gasteiger partial charge in [-0.25, -0.2) is 5.06 Å². The molecule has 2 aromatic carbocycles. The van der Waals surface area contributed by atoms with Crippen molar-refractivity contribution in [3.63, 3.8) is 0 Å². The van der Waals surface area contributed by atoms with Crippen LogP contribution >= 0.6 is 0 Å². The van der Waals surface area contributed by atoms with E-state index in [1.807, 2.05) is 13.0 Å². The summed E-state index contributed by atoms with van der Waals surface area (Å²) in [6.45, 7) is 1.91. The van der Waals surface area contributed by atoms with Crippen LogP contribution in [-0.2, 0) is 0 Å². The topological polar surface area (TPSA) is 49.8 Å². The highest BCUT2D eigenvalue weighted by atomic mass is 16.5. The summed E-state index contributed by atoms with van der Waals surface area (Å²) in [7, 11) is 0. The van der Waals surface area contributed by atoms with E-state index in [-0.39, 0.29) is 0 Å². The van der Waals surface area contributed by atoms with Crippen molar-refractivity contribution in [2.75, 3.05) is 10.1 Å². The van der Waals surface area contributed by atoms with Gasteiger partial charge < -0.3 is 10.3 Å². The summed E-state index contributed by atoms with van der Waals surface area (Å²) < 4.78 is 0. The van der Waals surface area contributed by atoms with Crippen molar-refractivity contribution in [2.45, 2.75) is 6.92 Å². The predicted molar refractivity (Wildman–Crippen MR) is 67.1 cm³/mol. The zero-order valence-electron chi connectivity index (χ0n) is 9.29. The monoisotopic (exact) mass is 227 g/mol. The summed E-state index contributed by atoms with van der Waals surface area (Å²) in [5.74, 6) is 0. The van der Waals surface area contributed by atoms with Crippen LogP contribution in [0.1, 0.15) is 5.56 Å². The van der Waals surface area contributed by atoms with Crippen molar-refractivity contribution in [3.05, 3.63) is 53.2 Å². The Balaban J connectivity index is 2.25. The highest BCUT2D eigenvalue weighted by Gasteiger charge is 2.22. The summed E-state index contributed by atoms with van der Waals surface area (Å²) in [4.78, 5) is 0. The second-order valence-corrected chi connectivity index (χ2v) is 4.09. The van der Waals surface area contributed by atoms with E-state index in [2.05, 4.69) is 0 Å². The van der Waals surface area contributed by atoms with Crippen molar-refractivity contribution in [2.24, 2.45) is 0 Å². The molecule has 0 bridgehead atoms. The van der Waals surface area contributed by atoms with Gasteiger partial charge in [-0.3, -0.25) is 5.21 Å². The van der Waals surface area contributed by atoms with Gasteiger partial charge in [-0.15, -0.1) is 0 Å². The van der Waals surface area contributed by atoms with Crippen LogP contribution in [0.3, 0.4) is 0 Å². The lowest BCUT2D eigenvalue weighted by Crippen LogP contribution is -2.23. The zero-order chi connectivity index (χ0) is 12.0. The highest BCUT2D eigenvalue weighted by molar-refractivity contribution is 5.92. The van der Waals surface area contributed by atoms with Gasteiger partial charge in [0.25, 0.3) is 0 Å². The number of nitrogens with zero attached hydrogens (tertiary/aromatic N) is 2. The van der Waals surface area contributed by atoms with Gasteiger partial charge >= 0.3 is 0 Å². The Bertz CT molecular complexity index is 583. The molecular weight excluding hydrogens is 216 g/mol. The average molecular weight is 227 g/mol. The first-order valence-electron chi connectivity index (χ1n) is 5.34. The molecular formula is C13H11N2O2-. The Labute approximate surface area is 98.9 Å². The fraction of sp³-hybridized carbons (Fsp3) is 0.0769. The first-order valence-corrected chi connectivity index (χ1v) is 5.34. The maximum atomic E-state index is 12.2.